The molecule has 0 aliphatic rings. The third kappa shape index (κ3) is 2.80. The molecule has 1 N–H and O–H groups in total. The van der Waals surface area contributed by atoms with Crippen molar-refractivity contribution in [1.29, 1.82) is 0 Å². The SMILES string of the molecule is CC(C)N(Cc1cnc[nH]1)c1ccccc1Cl. The van der Waals surface area contributed by atoms with Crippen molar-refractivity contribution in [2.45, 2.75) is 26.4 Å². The number of halogens is 1. The van der Waals surface area contributed by atoms with E-state index in [0.29, 0.717) is 6.04 Å². The van der Waals surface area contributed by atoms with Crippen LogP contribution in [0.4, 0.5) is 5.69 Å². The number of anilines is 1. The van der Waals surface area contributed by atoms with Crippen molar-refractivity contribution < 1.29 is 0 Å². The first-order chi connectivity index (χ1) is 8.18. The summed E-state index contributed by atoms with van der Waals surface area (Å²) in [7, 11) is 0. The zero-order valence-corrected chi connectivity index (χ0v) is 10.8. The van der Waals surface area contributed by atoms with E-state index in [0.717, 1.165) is 22.9 Å². The molecule has 0 amide bonds. The van der Waals surface area contributed by atoms with Crippen molar-refractivity contribution in [3.05, 3.63) is 47.5 Å². The second kappa shape index (κ2) is 5.23. The van der Waals surface area contributed by atoms with E-state index in [1.54, 1.807) is 6.33 Å². The summed E-state index contributed by atoms with van der Waals surface area (Å²) in [4.78, 5) is 9.40. The lowest BCUT2D eigenvalue weighted by molar-refractivity contribution is 0.675. The van der Waals surface area contributed by atoms with E-state index >= 15 is 0 Å². The molecule has 90 valence electrons. The van der Waals surface area contributed by atoms with Crippen molar-refractivity contribution in [2.75, 3.05) is 4.90 Å². The van der Waals surface area contributed by atoms with E-state index in [4.69, 9.17) is 11.6 Å². The molecule has 2 aromatic rings. The van der Waals surface area contributed by atoms with Crippen LogP contribution in [0.2, 0.25) is 5.02 Å². The summed E-state index contributed by atoms with van der Waals surface area (Å²) in [5.41, 5.74) is 2.14. The number of hydrogen-bond donors (Lipinski definition) is 1. The molecule has 0 unspecified atom stereocenters. The quantitative estimate of drug-likeness (QED) is 0.900. The molecule has 0 bridgehead atoms. The molecule has 1 aromatic heterocycles. The Morgan fingerprint density at radius 2 is 2.12 bits per heavy atom. The van der Waals surface area contributed by atoms with Crippen LogP contribution in [0.1, 0.15) is 19.5 Å². The van der Waals surface area contributed by atoms with Gasteiger partial charge in [0, 0.05) is 12.2 Å². The maximum absolute atomic E-state index is 6.24. The molecule has 0 atom stereocenters. The van der Waals surface area contributed by atoms with Crippen LogP contribution in [-0.4, -0.2) is 16.0 Å². The molecule has 17 heavy (non-hydrogen) atoms. The number of H-pyrrole nitrogens is 1. The van der Waals surface area contributed by atoms with Gasteiger partial charge in [-0.2, -0.15) is 0 Å². The highest BCUT2D eigenvalue weighted by atomic mass is 35.5. The van der Waals surface area contributed by atoms with Crippen LogP contribution in [0.25, 0.3) is 0 Å². The molecule has 0 radical (unpaired) electrons. The monoisotopic (exact) mass is 249 g/mol. The zero-order chi connectivity index (χ0) is 12.3. The van der Waals surface area contributed by atoms with Crippen molar-refractivity contribution >= 4 is 17.3 Å². The Labute approximate surface area is 106 Å². The third-order valence-electron chi connectivity index (χ3n) is 2.68. The average Bonchev–Trinajstić information content (AvgIpc) is 2.79. The van der Waals surface area contributed by atoms with E-state index in [9.17, 15) is 0 Å². The van der Waals surface area contributed by atoms with Gasteiger partial charge >= 0.3 is 0 Å². The molecule has 0 spiro atoms. The summed E-state index contributed by atoms with van der Waals surface area (Å²) in [6.07, 6.45) is 3.53. The van der Waals surface area contributed by atoms with Gasteiger partial charge in [-0.3, -0.25) is 0 Å². The Hall–Kier alpha value is -1.48. The number of nitrogens with zero attached hydrogens (tertiary/aromatic N) is 2. The largest absolute Gasteiger partial charge is 0.362 e. The second-order valence-corrected chi connectivity index (χ2v) is 4.66. The van der Waals surface area contributed by atoms with Crippen LogP contribution < -0.4 is 4.90 Å². The molecule has 1 heterocycles. The highest BCUT2D eigenvalue weighted by molar-refractivity contribution is 6.33. The minimum atomic E-state index is 0.373. The Balaban J connectivity index is 2.27. The van der Waals surface area contributed by atoms with E-state index in [1.807, 2.05) is 30.5 Å². The Morgan fingerprint density at radius 3 is 2.71 bits per heavy atom. The van der Waals surface area contributed by atoms with Crippen molar-refractivity contribution in [2.24, 2.45) is 0 Å². The molecule has 4 heteroatoms. The number of benzene rings is 1. The van der Waals surface area contributed by atoms with Gasteiger partial charge in [0.15, 0.2) is 0 Å². The topological polar surface area (TPSA) is 31.9 Å². The molecule has 2 rings (SSSR count). The highest BCUT2D eigenvalue weighted by Crippen LogP contribution is 2.27. The summed E-state index contributed by atoms with van der Waals surface area (Å²) in [5.74, 6) is 0. The zero-order valence-electron chi connectivity index (χ0n) is 10.0. The highest BCUT2D eigenvalue weighted by Gasteiger charge is 2.14. The summed E-state index contributed by atoms with van der Waals surface area (Å²) in [6, 6.07) is 8.28. The van der Waals surface area contributed by atoms with Crippen LogP contribution in [0.3, 0.4) is 0 Å². The number of aromatic nitrogens is 2. The van der Waals surface area contributed by atoms with Crippen molar-refractivity contribution in [3.63, 3.8) is 0 Å². The number of imidazole rings is 1. The molecule has 3 nitrogen and oxygen atoms in total. The predicted octanol–water partition coefficient (Wildman–Crippen LogP) is 3.48. The van der Waals surface area contributed by atoms with Crippen LogP contribution >= 0.6 is 11.6 Å². The van der Waals surface area contributed by atoms with Gasteiger partial charge < -0.3 is 9.88 Å². The van der Waals surface area contributed by atoms with Crippen LogP contribution in [0.15, 0.2) is 36.8 Å². The van der Waals surface area contributed by atoms with Crippen LogP contribution in [0.5, 0.6) is 0 Å². The normalized spacial score (nSPS) is 10.8. The first kappa shape index (κ1) is 12.0. The Bertz CT molecular complexity index is 465. The average molecular weight is 250 g/mol. The predicted molar refractivity (Wildman–Crippen MR) is 71.4 cm³/mol. The van der Waals surface area contributed by atoms with Gasteiger partial charge in [0.25, 0.3) is 0 Å². The van der Waals surface area contributed by atoms with E-state index < -0.39 is 0 Å². The maximum atomic E-state index is 6.24. The van der Waals surface area contributed by atoms with E-state index in [1.165, 1.54) is 0 Å². The van der Waals surface area contributed by atoms with Gasteiger partial charge in [0.1, 0.15) is 0 Å². The Kier molecular flexibility index (Phi) is 3.69. The fourth-order valence-corrected chi connectivity index (χ4v) is 2.03. The van der Waals surface area contributed by atoms with Gasteiger partial charge in [-0.1, -0.05) is 23.7 Å². The standard InChI is InChI=1S/C13H16ClN3/c1-10(2)17(8-11-7-15-9-16-11)13-6-4-3-5-12(13)14/h3-7,9-10H,8H2,1-2H3,(H,15,16). The number of para-hydroxylation sites is 1. The fraction of sp³-hybridized carbons (Fsp3) is 0.308. The van der Waals surface area contributed by atoms with Gasteiger partial charge in [-0.15, -0.1) is 0 Å². The lowest BCUT2D eigenvalue weighted by Crippen LogP contribution is -2.30. The lowest BCUT2D eigenvalue weighted by Gasteiger charge is -2.29. The molecule has 0 aliphatic carbocycles. The van der Waals surface area contributed by atoms with Gasteiger partial charge in [0.05, 0.1) is 29.3 Å². The molecular formula is C13H16ClN3. The summed E-state index contributed by atoms with van der Waals surface area (Å²) < 4.78 is 0. The summed E-state index contributed by atoms with van der Waals surface area (Å²) >= 11 is 6.24. The van der Waals surface area contributed by atoms with E-state index in [2.05, 4.69) is 28.7 Å². The summed E-state index contributed by atoms with van der Waals surface area (Å²) in [6.45, 7) is 5.08. The molecular weight excluding hydrogens is 234 g/mol. The van der Waals surface area contributed by atoms with E-state index in [-0.39, 0.29) is 0 Å². The minimum absolute atomic E-state index is 0.373. The molecule has 1 aromatic carbocycles. The smallest absolute Gasteiger partial charge is 0.0922 e. The van der Waals surface area contributed by atoms with Crippen molar-refractivity contribution in [1.82, 2.24) is 9.97 Å². The van der Waals surface area contributed by atoms with Crippen LogP contribution in [-0.2, 0) is 6.54 Å². The third-order valence-corrected chi connectivity index (χ3v) is 3.00. The fourth-order valence-electron chi connectivity index (χ4n) is 1.79. The van der Waals surface area contributed by atoms with Gasteiger partial charge in [-0.05, 0) is 26.0 Å². The Morgan fingerprint density at radius 1 is 1.35 bits per heavy atom. The molecule has 0 saturated heterocycles. The number of rotatable bonds is 4. The first-order valence-electron chi connectivity index (χ1n) is 5.67. The van der Waals surface area contributed by atoms with Crippen molar-refractivity contribution in [3.8, 4) is 0 Å². The molecule has 0 aliphatic heterocycles. The first-order valence-corrected chi connectivity index (χ1v) is 6.04. The summed E-state index contributed by atoms with van der Waals surface area (Å²) in [5, 5.41) is 0.778. The number of nitrogens with one attached hydrogen (secondary N) is 1. The molecule has 0 saturated carbocycles. The van der Waals surface area contributed by atoms with Gasteiger partial charge in [-0.25, -0.2) is 4.98 Å². The van der Waals surface area contributed by atoms with Gasteiger partial charge in [0.2, 0.25) is 0 Å². The second-order valence-electron chi connectivity index (χ2n) is 4.25. The molecule has 0 fully saturated rings. The number of hydrogen-bond acceptors (Lipinski definition) is 2. The maximum Gasteiger partial charge on any atom is 0.0922 e. The lowest BCUT2D eigenvalue weighted by atomic mass is 10.2. The number of aromatic amines is 1. The van der Waals surface area contributed by atoms with Crippen LogP contribution in [0, 0.1) is 0 Å². The minimum Gasteiger partial charge on any atom is -0.362 e.